The van der Waals surface area contributed by atoms with Gasteiger partial charge in [0.25, 0.3) is 11.8 Å². The third kappa shape index (κ3) is 4.62. The van der Waals surface area contributed by atoms with Crippen LogP contribution in [0, 0.1) is 5.41 Å². The van der Waals surface area contributed by atoms with Gasteiger partial charge < -0.3 is 24.7 Å². The number of anilines is 1. The zero-order valence-corrected chi connectivity index (χ0v) is 16.5. The van der Waals surface area contributed by atoms with Crippen molar-refractivity contribution < 1.29 is 9.59 Å². The topological polar surface area (TPSA) is 95.1 Å². The minimum absolute atomic E-state index is 0.215. The number of nitrogens with one attached hydrogen (secondary N) is 3. The quantitative estimate of drug-likeness (QED) is 0.526. The van der Waals surface area contributed by atoms with E-state index in [0.717, 1.165) is 25.9 Å². The van der Waals surface area contributed by atoms with Crippen LogP contribution in [0.1, 0.15) is 46.7 Å². The third-order valence-electron chi connectivity index (χ3n) is 5.06. The molecule has 2 aromatic rings. The lowest BCUT2D eigenvalue weighted by Gasteiger charge is -2.29. The maximum Gasteiger partial charge on any atom is 0.272 e. The molecule has 0 aliphatic carbocycles. The van der Waals surface area contributed by atoms with E-state index in [-0.39, 0.29) is 11.8 Å². The Bertz CT molecular complexity index is 860. The molecule has 1 aliphatic rings. The summed E-state index contributed by atoms with van der Waals surface area (Å²) in [5, 5.41) is 13.8. The van der Waals surface area contributed by atoms with Crippen LogP contribution in [0.5, 0.6) is 0 Å². The van der Waals surface area contributed by atoms with Gasteiger partial charge in [-0.15, -0.1) is 0 Å². The number of carbonyl (C=O) groups is 2. The Balaban J connectivity index is 1.52. The van der Waals surface area contributed by atoms with Crippen LogP contribution in [0.15, 0.2) is 30.6 Å². The molecular weight excluding hydrogens is 356 g/mol. The number of aryl methyl sites for hydroxylation is 2. The van der Waals surface area contributed by atoms with Gasteiger partial charge in [-0.2, -0.15) is 0 Å². The second-order valence-corrected chi connectivity index (χ2v) is 7.18. The molecule has 2 amide bonds. The van der Waals surface area contributed by atoms with Gasteiger partial charge in [0.05, 0.1) is 11.5 Å². The fraction of sp³-hybridized carbons (Fsp3) is 0.450. The van der Waals surface area contributed by atoms with E-state index in [1.54, 1.807) is 53.8 Å². The first-order chi connectivity index (χ1) is 13.5. The molecule has 0 spiro atoms. The summed E-state index contributed by atoms with van der Waals surface area (Å²) in [5.41, 5.74) is 1.58. The van der Waals surface area contributed by atoms with Crippen molar-refractivity contribution in [3.05, 3.63) is 42.0 Å². The van der Waals surface area contributed by atoms with Gasteiger partial charge in [-0.05, 0) is 37.5 Å². The fourth-order valence-corrected chi connectivity index (χ4v) is 3.46. The lowest BCUT2D eigenvalue weighted by Crippen LogP contribution is -2.37. The number of rotatable bonds is 6. The molecule has 28 heavy (non-hydrogen) atoms. The second-order valence-electron chi connectivity index (χ2n) is 7.18. The highest BCUT2D eigenvalue weighted by Gasteiger charge is 2.16. The number of amidine groups is 1. The molecule has 3 heterocycles. The van der Waals surface area contributed by atoms with Gasteiger partial charge in [0.15, 0.2) is 0 Å². The zero-order chi connectivity index (χ0) is 20.1. The predicted octanol–water partition coefficient (Wildman–Crippen LogP) is 2.20. The highest BCUT2D eigenvalue weighted by Crippen LogP contribution is 2.15. The van der Waals surface area contributed by atoms with Gasteiger partial charge in [-0.3, -0.25) is 15.0 Å². The number of likely N-dealkylation sites (tertiary alicyclic amines) is 1. The summed E-state index contributed by atoms with van der Waals surface area (Å²) < 4.78 is 3.43. The molecule has 3 N–H and O–H groups in total. The Morgan fingerprint density at radius 1 is 1.07 bits per heavy atom. The number of piperidine rings is 1. The maximum atomic E-state index is 12.5. The molecule has 1 saturated heterocycles. The average Bonchev–Trinajstić information content (AvgIpc) is 3.27. The first-order valence-electron chi connectivity index (χ1n) is 9.65. The summed E-state index contributed by atoms with van der Waals surface area (Å²) >= 11 is 0. The smallest absolute Gasteiger partial charge is 0.272 e. The lowest BCUT2D eigenvalue weighted by atomic mass is 10.1. The Labute approximate surface area is 165 Å². The van der Waals surface area contributed by atoms with Crippen LogP contribution in [0.3, 0.4) is 0 Å². The van der Waals surface area contributed by atoms with Crippen molar-refractivity contribution in [1.82, 2.24) is 19.4 Å². The maximum absolute atomic E-state index is 12.5. The van der Waals surface area contributed by atoms with E-state index in [1.807, 2.05) is 0 Å². The first-order valence-corrected chi connectivity index (χ1v) is 9.65. The van der Waals surface area contributed by atoms with Gasteiger partial charge in [0.2, 0.25) is 0 Å². The van der Waals surface area contributed by atoms with Gasteiger partial charge in [0, 0.05) is 52.5 Å². The normalized spacial score (nSPS) is 14.0. The third-order valence-corrected chi connectivity index (χ3v) is 5.06. The number of carbonyl (C=O) groups excluding carboxylic acids is 2. The average molecular weight is 384 g/mol. The first kappa shape index (κ1) is 19.7. The Kier molecular flexibility index (Phi) is 6.18. The molecule has 1 fully saturated rings. The van der Waals surface area contributed by atoms with E-state index in [4.69, 9.17) is 5.41 Å². The molecule has 1 aliphatic heterocycles. The summed E-state index contributed by atoms with van der Waals surface area (Å²) in [6.45, 7) is 2.30. The highest BCUT2D eigenvalue weighted by atomic mass is 16.2. The van der Waals surface area contributed by atoms with Crippen LogP contribution in [-0.2, 0) is 14.1 Å². The van der Waals surface area contributed by atoms with Crippen molar-refractivity contribution >= 4 is 23.3 Å². The summed E-state index contributed by atoms with van der Waals surface area (Å²) in [4.78, 5) is 26.9. The summed E-state index contributed by atoms with van der Waals surface area (Å²) in [7, 11) is 3.57. The van der Waals surface area contributed by atoms with E-state index < -0.39 is 0 Å². The highest BCUT2D eigenvalue weighted by molar-refractivity contribution is 6.04. The van der Waals surface area contributed by atoms with Crippen molar-refractivity contribution in [3.63, 3.8) is 0 Å². The van der Waals surface area contributed by atoms with Gasteiger partial charge >= 0.3 is 0 Å². The van der Waals surface area contributed by atoms with Crippen LogP contribution in [-0.4, -0.2) is 51.3 Å². The van der Waals surface area contributed by atoms with Crippen molar-refractivity contribution in [2.75, 3.05) is 25.0 Å². The fourth-order valence-electron chi connectivity index (χ4n) is 3.46. The van der Waals surface area contributed by atoms with Gasteiger partial charge in [-0.1, -0.05) is 0 Å². The van der Waals surface area contributed by atoms with E-state index in [2.05, 4.69) is 15.5 Å². The molecule has 0 saturated carbocycles. The number of nitrogens with zero attached hydrogens (tertiary/aromatic N) is 3. The van der Waals surface area contributed by atoms with Crippen LogP contribution < -0.4 is 10.6 Å². The number of hydrogen-bond acceptors (Lipinski definition) is 3. The van der Waals surface area contributed by atoms with Crippen LogP contribution in [0.4, 0.5) is 5.69 Å². The molecule has 8 heteroatoms. The zero-order valence-electron chi connectivity index (χ0n) is 16.5. The molecular formula is C20H28N6O2. The Morgan fingerprint density at radius 2 is 1.82 bits per heavy atom. The van der Waals surface area contributed by atoms with E-state index in [0.29, 0.717) is 35.9 Å². The molecule has 0 bridgehead atoms. The van der Waals surface area contributed by atoms with Crippen LogP contribution >= 0.6 is 0 Å². The molecule has 2 aromatic heterocycles. The van der Waals surface area contributed by atoms with Crippen molar-refractivity contribution in [2.45, 2.75) is 25.7 Å². The minimum atomic E-state index is -0.222. The Hall–Kier alpha value is -3.03. The number of hydrogen-bond donors (Lipinski definition) is 3. The molecule has 150 valence electrons. The van der Waals surface area contributed by atoms with Crippen LogP contribution in [0.25, 0.3) is 0 Å². The van der Waals surface area contributed by atoms with Gasteiger partial charge in [0.1, 0.15) is 11.4 Å². The minimum Gasteiger partial charge on any atom is -0.361 e. The number of aromatic nitrogens is 2. The monoisotopic (exact) mass is 384 g/mol. The lowest BCUT2D eigenvalue weighted by molar-refractivity contribution is 0.0945. The van der Waals surface area contributed by atoms with Crippen molar-refractivity contribution in [3.8, 4) is 0 Å². The SMILES string of the molecule is Cn1cc(NC(=O)c2cccn2C)cc1C(=O)NCCC(=N)N1CCCCC1. The van der Waals surface area contributed by atoms with E-state index in [1.165, 1.54) is 6.42 Å². The largest absolute Gasteiger partial charge is 0.361 e. The number of amides is 2. The summed E-state index contributed by atoms with van der Waals surface area (Å²) in [5.74, 6) is 0.149. The summed E-state index contributed by atoms with van der Waals surface area (Å²) in [6, 6.07) is 5.20. The van der Waals surface area contributed by atoms with Crippen molar-refractivity contribution in [2.24, 2.45) is 14.1 Å². The molecule has 8 nitrogen and oxygen atoms in total. The molecule has 0 radical (unpaired) electrons. The standard InChI is InChI=1S/C20H28N6O2/c1-24-10-6-7-16(24)20(28)23-15-13-17(25(2)14-15)19(27)22-9-8-18(21)26-11-4-3-5-12-26/h6-7,10,13-14,21H,3-5,8-9,11-12H2,1-2H3,(H,22,27)(H,23,28). The molecule has 0 aromatic carbocycles. The van der Waals surface area contributed by atoms with Gasteiger partial charge in [-0.25, -0.2) is 0 Å². The molecule has 0 unspecified atom stereocenters. The predicted molar refractivity (Wildman–Crippen MR) is 109 cm³/mol. The second kappa shape index (κ2) is 8.77. The molecule has 0 atom stereocenters. The van der Waals surface area contributed by atoms with E-state index >= 15 is 0 Å². The van der Waals surface area contributed by atoms with Crippen molar-refractivity contribution in [1.29, 1.82) is 5.41 Å². The van der Waals surface area contributed by atoms with E-state index in [9.17, 15) is 9.59 Å². The Morgan fingerprint density at radius 3 is 2.50 bits per heavy atom. The van der Waals surface area contributed by atoms with Crippen LogP contribution in [0.2, 0.25) is 0 Å². The molecule has 3 rings (SSSR count). The summed E-state index contributed by atoms with van der Waals surface area (Å²) in [6.07, 6.45) is 7.54.